The van der Waals surface area contributed by atoms with Crippen LogP contribution in [-0.2, 0) is 4.74 Å². The van der Waals surface area contributed by atoms with Crippen molar-refractivity contribution in [1.29, 1.82) is 0 Å². The molecule has 0 aromatic heterocycles. The van der Waals surface area contributed by atoms with Crippen LogP contribution in [-0.4, -0.2) is 23.1 Å². The first-order valence-corrected chi connectivity index (χ1v) is 10.4. The Labute approximate surface area is 150 Å². The van der Waals surface area contributed by atoms with Crippen LogP contribution in [0.5, 0.6) is 0 Å². The molecular formula is C22H29NO2. The fraction of sp³-hybridized carbons (Fsp3) is 0.773. The molecule has 1 spiro atoms. The minimum absolute atomic E-state index is 0.0480. The predicted octanol–water partition coefficient (Wildman–Crippen LogP) is 4.57. The van der Waals surface area contributed by atoms with Crippen molar-refractivity contribution < 1.29 is 9.94 Å². The van der Waals surface area contributed by atoms with E-state index in [0.717, 1.165) is 54.2 Å². The zero-order valence-corrected chi connectivity index (χ0v) is 15.2. The van der Waals surface area contributed by atoms with Crippen molar-refractivity contribution in [2.45, 2.75) is 57.5 Å². The van der Waals surface area contributed by atoms with Crippen molar-refractivity contribution in [2.24, 2.45) is 46.1 Å². The largest absolute Gasteiger partial charge is 0.411 e. The van der Waals surface area contributed by atoms with Crippen molar-refractivity contribution in [3.63, 3.8) is 0 Å². The zero-order valence-electron chi connectivity index (χ0n) is 15.2. The lowest BCUT2D eigenvalue weighted by molar-refractivity contribution is -0.113. The fourth-order valence-corrected chi connectivity index (χ4v) is 8.13. The Morgan fingerprint density at radius 3 is 2.88 bits per heavy atom. The quantitative estimate of drug-likeness (QED) is 0.399. The summed E-state index contributed by atoms with van der Waals surface area (Å²) in [6.45, 7) is 3.37. The first-order valence-electron chi connectivity index (χ1n) is 10.4. The van der Waals surface area contributed by atoms with Crippen LogP contribution in [0.2, 0.25) is 0 Å². The molecule has 5 aliphatic carbocycles. The second-order valence-electron chi connectivity index (χ2n) is 9.83. The Bertz CT molecular complexity index is 709. The molecule has 6 rings (SSSR count). The van der Waals surface area contributed by atoms with Crippen molar-refractivity contribution in [3.8, 4) is 0 Å². The van der Waals surface area contributed by atoms with E-state index in [0.29, 0.717) is 5.41 Å². The Hall–Kier alpha value is -1.09. The van der Waals surface area contributed by atoms with Gasteiger partial charge in [0.15, 0.2) is 0 Å². The van der Waals surface area contributed by atoms with Gasteiger partial charge in [-0.1, -0.05) is 29.8 Å². The van der Waals surface area contributed by atoms with Gasteiger partial charge in [0.2, 0.25) is 0 Å². The Morgan fingerprint density at radius 2 is 2.08 bits per heavy atom. The molecule has 1 aliphatic heterocycles. The average Bonchev–Trinajstić information content (AvgIpc) is 3.20. The molecule has 0 saturated heterocycles. The van der Waals surface area contributed by atoms with Gasteiger partial charge in [-0.05, 0) is 86.5 Å². The van der Waals surface area contributed by atoms with Crippen molar-refractivity contribution in [2.75, 3.05) is 6.61 Å². The third-order valence-electron chi connectivity index (χ3n) is 9.27. The second-order valence-corrected chi connectivity index (χ2v) is 9.83. The highest BCUT2D eigenvalue weighted by Gasteiger charge is 2.68. The van der Waals surface area contributed by atoms with Crippen molar-refractivity contribution in [1.82, 2.24) is 0 Å². The maximum Gasteiger partial charge on any atom is 0.0923 e. The van der Waals surface area contributed by atoms with E-state index in [-0.39, 0.29) is 5.60 Å². The van der Waals surface area contributed by atoms with E-state index in [4.69, 9.17) is 4.74 Å². The molecule has 5 unspecified atom stereocenters. The van der Waals surface area contributed by atoms with Crippen molar-refractivity contribution in [3.05, 3.63) is 23.8 Å². The molecule has 134 valence electrons. The number of ether oxygens (including phenoxy) is 1. The van der Waals surface area contributed by atoms with Crippen LogP contribution in [0.3, 0.4) is 0 Å². The first-order chi connectivity index (χ1) is 12.2. The maximum atomic E-state index is 9.21. The minimum Gasteiger partial charge on any atom is -0.411 e. The van der Waals surface area contributed by atoms with Crippen LogP contribution in [0, 0.1) is 40.9 Å². The van der Waals surface area contributed by atoms with E-state index in [9.17, 15) is 5.21 Å². The molecule has 0 radical (unpaired) electrons. The minimum atomic E-state index is 0.0480. The highest BCUT2D eigenvalue weighted by molar-refractivity contribution is 5.96. The van der Waals surface area contributed by atoms with E-state index < -0.39 is 0 Å². The highest BCUT2D eigenvalue weighted by Crippen LogP contribution is 2.72. The average molecular weight is 339 g/mol. The number of rotatable bonds is 0. The van der Waals surface area contributed by atoms with Crippen LogP contribution < -0.4 is 0 Å². The summed E-state index contributed by atoms with van der Waals surface area (Å²) in [6.07, 6.45) is 15.8. The number of fused-ring (bicyclic) bond motifs is 9. The molecule has 0 amide bonds. The SMILES string of the molecule is C[C@]12CCC3C(C4CC4C4=CC(=NO)CC[C@@H]43)C1CC[C@@]21C=CCO1. The monoisotopic (exact) mass is 339 g/mol. The molecule has 6 aliphatic rings. The van der Waals surface area contributed by atoms with Crippen molar-refractivity contribution >= 4 is 5.71 Å². The van der Waals surface area contributed by atoms with E-state index in [1.165, 1.54) is 38.5 Å². The molecule has 1 N–H and O–H groups in total. The van der Waals surface area contributed by atoms with Crippen LogP contribution in [0.15, 0.2) is 29.0 Å². The number of hydrogen-bond acceptors (Lipinski definition) is 3. The third kappa shape index (κ3) is 1.74. The Kier molecular flexibility index (Phi) is 2.88. The topological polar surface area (TPSA) is 41.8 Å². The summed E-state index contributed by atoms with van der Waals surface area (Å²) in [7, 11) is 0. The number of allylic oxidation sites excluding steroid dienone is 2. The third-order valence-corrected chi connectivity index (χ3v) is 9.27. The Morgan fingerprint density at radius 1 is 1.16 bits per heavy atom. The smallest absolute Gasteiger partial charge is 0.0923 e. The van der Waals surface area contributed by atoms with E-state index in [1.54, 1.807) is 5.57 Å². The molecule has 3 heteroatoms. The lowest BCUT2D eigenvalue weighted by Crippen LogP contribution is -2.52. The van der Waals surface area contributed by atoms with E-state index in [1.807, 2.05) is 0 Å². The molecule has 0 bridgehead atoms. The Balaban J connectivity index is 1.37. The van der Waals surface area contributed by atoms with Gasteiger partial charge in [-0.2, -0.15) is 0 Å². The summed E-state index contributed by atoms with van der Waals surface area (Å²) in [4.78, 5) is 0. The van der Waals surface area contributed by atoms with E-state index >= 15 is 0 Å². The molecule has 0 aromatic rings. The normalized spacial score (nSPS) is 57.0. The summed E-state index contributed by atoms with van der Waals surface area (Å²) in [5.74, 6) is 5.08. The predicted molar refractivity (Wildman–Crippen MR) is 96.5 cm³/mol. The molecule has 3 nitrogen and oxygen atoms in total. The van der Waals surface area contributed by atoms with Gasteiger partial charge in [-0.25, -0.2) is 0 Å². The summed E-state index contributed by atoms with van der Waals surface area (Å²) in [5, 5.41) is 12.7. The number of nitrogens with zero attached hydrogens (tertiary/aromatic N) is 1. The van der Waals surface area contributed by atoms with Gasteiger partial charge in [-0.3, -0.25) is 0 Å². The van der Waals surface area contributed by atoms with Gasteiger partial charge in [0, 0.05) is 5.41 Å². The van der Waals surface area contributed by atoms with Gasteiger partial charge < -0.3 is 9.94 Å². The van der Waals surface area contributed by atoms with Crippen LogP contribution in [0.1, 0.15) is 51.9 Å². The molecule has 4 saturated carbocycles. The van der Waals surface area contributed by atoms with Gasteiger partial charge in [0.25, 0.3) is 0 Å². The molecular weight excluding hydrogens is 310 g/mol. The maximum absolute atomic E-state index is 9.21. The van der Waals surface area contributed by atoms with E-state index in [2.05, 4.69) is 30.3 Å². The summed E-state index contributed by atoms with van der Waals surface area (Å²) >= 11 is 0. The van der Waals surface area contributed by atoms with Crippen LogP contribution >= 0.6 is 0 Å². The van der Waals surface area contributed by atoms with Gasteiger partial charge in [0.05, 0.1) is 17.9 Å². The van der Waals surface area contributed by atoms with Gasteiger partial charge >= 0.3 is 0 Å². The van der Waals surface area contributed by atoms with Crippen LogP contribution in [0.4, 0.5) is 0 Å². The summed E-state index contributed by atoms with van der Waals surface area (Å²) in [5.41, 5.74) is 2.97. The molecule has 1 heterocycles. The standard InChI is InChI=1S/C22H29NO2/c1-21-8-5-15-14-4-3-13(23-24)11-16(14)17-12-18(17)20(15)19(21)6-9-22(21)7-2-10-25-22/h2,7,11,14-15,17-20,24H,3-6,8-10,12H2,1H3/t14-,15?,17?,18?,19?,20?,21+,22+/m1/s1. The number of hydrogen-bond donors (Lipinski definition) is 1. The lowest BCUT2D eigenvalue weighted by Gasteiger charge is -2.55. The first kappa shape index (κ1) is 15.0. The van der Waals surface area contributed by atoms with Gasteiger partial charge in [0.1, 0.15) is 0 Å². The molecule has 0 aromatic carbocycles. The van der Waals surface area contributed by atoms with Crippen LogP contribution in [0.25, 0.3) is 0 Å². The molecule has 25 heavy (non-hydrogen) atoms. The summed E-state index contributed by atoms with van der Waals surface area (Å²) < 4.78 is 6.37. The zero-order chi connectivity index (χ0) is 16.8. The molecule has 4 fully saturated rings. The number of oxime groups is 1. The molecule has 8 atom stereocenters. The van der Waals surface area contributed by atoms with Gasteiger partial charge in [-0.15, -0.1) is 0 Å². The second kappa shape index (κ2) is 4.79. The fourth-order valence-electron chi connectivity index (χ4n) is 8.13. The lowest BCUT2D eigenvalue weighted by atomic mass is 9.50. The highest BCUT2D eigenvalue weighted by atomic mass is 16.5. The summed E-state index contributed by atoms with van der Waals surface area (Å²) in [6, 6.07) is 0.